The Hall–Kier alpha value is -0.770. The minimum Gasteiger partial charge on any atom is -0.368 e. The van der Waals surface area contributed by atoms with Gasteiger partial charge in [-0.15, -0.1) is 22.0 Å². The first kappa shape index (κ1) is 6.91. The molecule has 11 heavy (non-hydrogen) atoms. The third-order valence-corrected chi connectivity index (χ3v) is 2.36. The Morgan fingerprint density at radius 1 is 1.55 bits per heavy atom. The molecule has 1 aromatic heterocycles. The van der Waals surface area contributed by atoms with Gasteiger partial charge < -0.3 is 5.32 Å². The predicted octanol–water partition coefficient (Wildman–Crippen LogP) is 1.17. The van der Waals surface area contributed by atoms with Crippen LogP contribution in [0, 0.1) is 0 Å². The molecule has 0 aromatic carbocycles. The van der Waals surface area contributed by atoms with Crippen LogP contribution in [0.2, 0.25) is 0 Å². The van der Waals surface area contributed by atoms with Crippen molar-refractivity contribution in [1.29, 1.82) is 0 Å². The molecule has 4 heteroatoms. The summed E-state index contributed by atoms with van der Waals surface area (Å²) in [6.07, 6.45) is 3.09. The highest BCUT2D eigenvalue weighted by Gasteiger charge is 2.11. The molecule has 0 bridgehead atoms. The summed E-state index contributed by atoms with van der Waals surface area (Å²) in [7, 11) is 0. The van der Waals surface area contributed by atoms with Gasteiger partial charge in [-0.3, -0.25) is 0 Å². The van der Waals surface area contributed by atoms with Crippen LogP contribution in [0.5, 0.6) is 0 Å². The van der Waals surface area contributed by atoms with E-state index in [2.05, 4.69) is 21.6 Å². The Morgan fingerprint density at radius 3 is 3.27 bits per heavy atom. The Morgan fingerprint density at radius 2 is 2.45 bits per heavy atom. The van der Waals surface area contributed by atoms with Crippen LogP contribution >= 0.6 is 11.8 Å². The van der Waals surface area contributed by atoms with E-state index in [1.54, 1.807) is 11.8 Å². The molecule has 0 saturated heterocycles. The molecule has 3 nitrogen and oxygen atoms in total. The highest BCUT2D eigenvalue weighted by molar-refractivity contribution is 7.98. The van der Waals surface area contributed by atoms with Gasteiger partial charge in [0.25, 0.3) is 0 Å². The summed E-state index contributed by atoms with van der Waals surface area (Å²) in [5.74, 6) is 0.961. The third-order valence-electron chi connectivity index (χ3n) is 1.75. The second-order valence-electron chi connectivity index (χ2n) is 2.44. The third kappa shape index (κ3) is 1.18. The lowest BCUT2D eigenvalue weighted by molar-refractivity contribution is 0.931. The molecule has 1 N–H and O–H groups in total. The molecule has 0 unspecified atom stereocenters. The maximum atomic E-state index is 4.05. The standard InChI is InChI=1S/C7H9N3S/c1-11-6-4-5-2-3-8-7(5)10-9-6/h4H,2-3H2,1H3,(H,8,10). The van der Waals surface area contributed by atoms with Crippen LogP contribution in [0.15, 0.2) is 11.1 Å². The van der Waals surface area contributed by atoms with Gasteiger partial charge in [0.1, 0.15) is 5.03 Å². The summed E-state index contributed by atoms with van der Waals surface area (Å²) in [5, 5.41) is 12.2. The number of fused-ring (bicyclic) bond motifs is 1. The molecule has 2 rings (SSSR count). The molecular weight excluding hydrogens is 158 g/mol. The normalized spacial score (nSPS) is 14.3. The first-order chi connectivity index (χ1) is 5.40. The lowest BCUT2D eigenvalue weighted by atomic mass is 10.2. The van der Waals surface area contributed by atoms with Crippen LogP contribution in [-0.2, 0) is 6.42 Å². The van der Waals surface area contributed by atoms with Crippen LogP contribution in [0.4, 0.5) is 5.82 Å². The lowest BCUT2D eigenvalue weighted by Gasteiger charge is -1.97. The average Bonchev–Trinajstić information content (AvgIpc) is 2.50. The van der Waals surface area contributed by atoms with Gasteiger partial charge in [0.05, 0.1) is 0 Å². The molecule has 0 saturated carbocycles. The van der Waals surface area contributed by atoms with Crippen molar-refractivity contribution in [2.24, 2.45) is 0 Å². The molecule has 2 heterocycles. The summed E-state index contributed by atoms with van der Waals surface area (Å²) in [6, 6.07) is 2.10. The zero-order valence-electron chi connectivity index (χ0n) is 6.29. The van der Waals surface area contributed by atoms with E-state index < -0.39 is 0 Å². The summed E-state index contributed by atoms with van der Waals surface area (Å²) in [6.45, 7) is 1.00. The van der Waals surface area contributed by atoms with Gasteiger partial charge in [0, 0.05) is 12.1 Å². The molecule has 0 radical (unpaired) electrons. The van der Waals surface area contributed by atoms with Crippen LogP contribution in [0.3, 0.4) is 0 Å². The molecule has 0 amide bonds. The summed E-state index contributed by atoms with van der Waals surface area (Å²) >= 11 is 1.63. The number of hydrogen-bond donors (Lipinski definition) is 1. The molecule has 0 spiro atoms. The van der Waals surface area contributed by atoms with Crippen molar-refractivity contribution in [2.45, 2.75) is 11.4 Å². The quantitative estimate of drug-likeness (QED) is 0.637. The molecule has 1 aromatic rings. The first-order valence-corrected chi connectivity index (χ1v) is 4.77. The van der Waals surface area contributed by atoms with Crippen molar-refractivity contribution in [3.05, 3.63) is 11.6 Å². The fraction of sp³-hybridized carbons (Fsp3) is 0.429. The van der Waals surface area contributed by atoms with Crippen molar-refractivity contribution in [3.63, 3.8) is 0 Å². The van der Waals surface area contributed by atoms with E-state index in [1.807, 2.05) is 6.26 Å². The maximum Gasteiger partial charge on any atom is 0.152 e. The van der Waals surface area contributed by atoms with Gasteiger partial charge in [-0.25, -0.2) is 0 Å². The van der Waals surface area contributed by atoms with E-state index >= 15 is 0 Å². The molecule has 1 aliphatic rings. The first-order valence-electron chi connectivity index (χ1n) is 3.54. The number of anilines is 1. The Bertz CT molecular complexity index is 274. The van der Waals surface area contributed by atoms with Crippen molar-refractivity contribution in [2.75, 3.05) is 18.1 Å². The van der Waals surface area contributed by atoms with E-state index in [-0.39, 0.29) is 0 Å². The van der Waals surface area contributed by atoms with Crippen LogP contribution < -0.4 is 5.32 Å². The molecule has 58 valence electrons. The van der Waals surface area contributed by atoms with Gasteiger partial charge in [-0.1, -0.05) is 0 Å². The second-order valence-corrected chi connectivity index (χ2v) is 3.26. The minimum atomic E-state index is 0.961. The number of hydrogen-bond acceptors (Lipinski definition) is 4. The second kappa shape index (κ2) is 2.70. The lowest BCUT2D eigenvalue weighted by Crippen LogP contribution is -1.94. The Kier molecular flexibility index (Phi) is 1.69. The fourth-order valence-electron chi connectivity index (χ4n) is 1.16. The van der Waals surface area contributed by atoms with Crippen molar-refractivity contribution < 1.29 is 0 Å². The number of aromatic nitrogens is 2. The summed E-state index contributed by atoms with van der Waals surface area (Å²) < 4.78 is 0. The average molecular weight is 167 g/mol. The summed E-state index contributed by atoms with van der Waals surface area (Å²) in [4.78, 5) is 0. The molecular formula is C7H9N3S. The minimum absolute atomic E-state index is 0.961. The van der Waals surface area contributed by atoms with Crippen LogP contribution in [0.25, 0.3) is 0 Å². The number of nitrogens with zero attached hydrogens (tertiary/aromatic N) is 2. The maximum absolute atomic E-state index is 4.05. The Balaban J connectivity index is 2.41. The molecule has 1 aliphatic heterocycles. The zero-order chi connectivity index (χ0) is 7.68. The highest BCUT2D eigenvalue weighted by Crippen LogP contribution is 2.21. The smallest absolute Gasteiger partial charge is 0.152 e. The fourth-order valence-corrected chi connectivity index (χ4v) is 1.55. The van der Waals surface area contributed by atoms with Crippen molar-refractivity contribution in [1.82, 2.24) is 10.2 Å². The van der Waals surface area contributed by atoms with Gasteiger partial charge >= 0.3 is 0 Å². The predicted molar refractivity (Wildman–Crippen MR) is 46.0 cm³/mol. The number of rotatable bonds is 1. The van der Waals surface area contributed by atoms with E-state index in [0.29, 0.717) is 0 Å². The topological polar surface area (TPSA) is 37.8 Å². The molecule has 0 atom stereocenters. The molecule has 0 fully saturated rings. The Labute approximate surface area is 69.6 Å². The van der Waals surface area contributed by atoms with Crippen LogP contribution in [-0.4, -0.2) is 23.0 Å². The number of nitrogens with one attached hydrogen (secondary N) is 1. The van der Waals surface area contributed by atoms with Gasteiger partial charge in [-0.2, -0.15) is 0 Å². The largest absolute Gasteiger partial charge is 0.368 e. The SMILES string of the molecule is CSc1cc2c(nn1)NCC2. The van der Waals surface area contributed by atoms with Crippen LogP contribution in [0.1, 0.15) is 5.56 Å². The van der Waals surface area contributed by atoms with Gasteiger partial charge in [0.2, 0.25) is 0 Å². The van der Waals surface area contributed by atoms with E-state index in [4.69, 9.17) is 0 Å². The van der Waals surface area contributed by atoms with E-state index in [1.165, 1.54) is 5.56 Å². The van der Waals surface area contributed by atoms with Gasteiger partial charge in [-0.05, 0) is 18.7 Å². The number of thioether (sulfide) groups is 1. The van der Waals surface area contributed by atoms with E-state index in [9.17, 15) is 0 Å². The molecule has 0 aliphatic carbocycles. The van der Waals surface area contributed by atoms with Gasteiger partial charge in [0.15, 0.2) is 5.82 Å². The highest BCUT2D eigenvalue weighted by atomic mass is 32.2. The zero-order valence-corrected chi connectivity index (χ0v) is 7.11. The van der Waals surface area contributed by atoms with Crippen molar-refractivity contribution in [3.8, 4) is 0 Å². The van der Waals surface area contributed by atoms with E-state index in [0.717, 1.165) is 23.8 Å². The van der Waals surface area contributed by atoms with Crippen molar-refractivity contribution >= 4 is 17.6 Å². The monoisotopic (exact) mass is 167 g/mol. The summed E-state index contributed by atoms with van der Waals surface area (Å²) in [5.41, 5.74) is 1.30.